The molecule has 0 atom stereocenters. The molecule has 18 heavy (non-hydrogen) atoms. The quantitative estimate of drug-likeness (QED) is 0.653. The van der Waals surface area contributed by atoms with E-state index >= 15 is 0 Å². The molecular formula is C11H6ClFKNO3. The number of aromatic nitrogens is 1. The largest absolute Gasteiger partial charge is 1.00 e. The summed E-state index contributed by atoms with van der Waals surface area (Å²) in [5.74, 6) is -2.12. The number of carbonyl (C=O) groups excluding carboxylic acids is 1. The van der Waals surface area contributed by atoms with Crippen molar-refractivity contribution in [1.29, 1.82) is 0 Å². The van der Waals surface area contributed by atoms with Crippen molar-refractivity contribution in [2.45, 2.75) is 6.92 Å². The van der Waals surface area contributed by atoms with Crippen LogP contribution >= 0.6 is 11.6 Å². The van der Waals surface area contributed by atoms with Gasteiger partial charge in [-0.25, -0.2) is 4.39 Å². The Balaban J connectivity index is 0.00000162. The van der Waals surface area contributed by atoms with Crippen LogP contribution in [0.4, 0.5) is 4.39 Å². The van der Waals surface area contributed by atoms with E-state index in [1.165, 1.54) is 19.1 Å². The summed E-state index contributed by atoms with van der Waals surface area (Å²) in [7, 11) is 0. The van der Waals surface area contributed by atoms with Gasteiger partial charge in [0.15, 0.2) is 0 Å². The Morgan fingerprint density at radius 1 is 1.50 bits per heavy atom. The van der Waals surface area contributed by atoms with Crippen molar-refractivity contribution in [1.82, 2.24) is 5.16 Å². The van der Waals surface area contributed by atoms with E-state index in [0.29, 0.717) is 0 Å². The molecule has 0 aliphatic heterocycles. The summed E-state index contributed by atoms with van der Waals surface area (Å²) in [6.45, 7) is 1.40. The molecule has 0 amide bonds. The molecule has 1 heterocycles. The standard InChI is InChI=1S/C11H7ClFNO3.K/c1-5-8(11(15)16)10(14-17-5)9-6(12)3-2-4-7(9)13;/h2-4H,1H3,(H,15,16);/q;+1/p-1. The fourth-order valence-electron chi connectivity index (χ4n) is 1.51. The molecule has 0 bridgehead atoms. The number of carboxylic acid groups (broad SMARTS) is 1. The number of rotatable bonds is 2. The number of aryl methyl sites for hydroxylation is 1. The molecule has 1 aromatic heterocycles. The van der Waals surface area contributed by atoms with Crippen LogP contribution in [0.25, 0.3) is 11.3 Å². The normalized spacial score (nSPS) is 9.94. The van der Waals surface area contributed by atoms with Gasteiger partial charge in [-0.05, 0) is 19.1 Å². The first-order valence-electron chi connectivity index (χ1n) is 4.64. The van der Waals surface area contributed by atoms with Crippen LogP contribution in [0, 0.1) is 12.7 Å². The van der Waals surface area contributed by atoms with E-state index in [-0.39, 0.29) is 79.0 Å². The van der Waals surface area contributed by atoms with Crippen molar-refractivity contribution in [2.24, 2.45) is 0 Å². The van der Waals surface area contributed by atoms with Crippen molar-refractivity contribution < 1.29 is 70.2 Å². The summed E-state index contributed by atoms with van der Waals surface area (Å²) in [4.78, 5) is 10.9. The van der Waals surface area contributed by atoms with Crippen molar-refractivity contribution in [3.8, 4) is 11.3 Å². The van der Waals surface area contributed by atoms with Gasteiger partial charge < -0.3 is 14.4 Å². The topological polar surface area (TPSA) is 66.2 Å². The molecule has 88 valence electrons. The zero-order chi connectivity index (χ0) is 12.6. The molecule has 2 rings (SSSR count). The number of aromatic carboxylic acids is 1. The monoisotopic (exact) mass is 293 g/mol. The Morgan fingerprint density at radius 2 is 2.17 bits per heavy atom. The van der Waals surface area contributed by atoms with Gasteiger partial charge in [0.25, 0.3) is 0 Å². The van der Waals surface area contributed by atoms with E-state index in [0.717, 1.165) is 6.07 Å². The van der Waals surface area contributed by atoms with Gasteiger partial charge in [-0.15, -0.1) is 0 Å². The third-order valence-electron chi connectivity index (χ3n) is 2.27. The van der Waals surface area contributed by atoms with E-state index in [1.54, 1.807) is 0 Å². The second-order valence-electron chi connectivity index (χ2n) is 3.35. The summed E-state index contributed by atoms with van der Waals surface area (Å²) in [5.41, 5.74) is -0.562. The van der Waals surface area contributed by atoms with Crippen molar-refractivity contribution in [3.63, 3.8) is 0 Å². The average molecular weight is 294 g/mol. The molecule has 0 aliphatic carbocycles. The first-order chi connectivity index (χ1) is 8.02. The van der Waals surface area contributed by atoms with Crippen LogP contribution in [0.1, 0.15) is 16.1 Å². The number of carboxylic acids is 1. The average Bonchev–Trinajstić information content (AvgIpc) is 2.60. The summed E-state index contributed by atoms with van der Waals surface area (Å²) in [6, 6.07) is 4.00. The van der Waals surface area contributed by atoms with Crippen LogP contribution in [-0.2, 0) is 0 Å². The zero-order valence-electron chi connectivity index (χ0n) is 9.66. The fraction of sp³-hybridized carbons (Fsp3) is 0.0909. The van der Waals surface area contributed by atoms with Gasteiger partial charge in [-0.2, -0.15) is 0 Å². The van der Waals surface area contributed by atoms with Gasteiger partial charge in [-0.1, -0.05) is 22.8 Å². The number of carbonyl (C=O) groups is 1. The zero-order valence-corrected chi connectivity index (χ0v) is 13.5. The van der Waals surface area contributed by atoms with E-state index in [4.69, 9.17) is 16.1 Å². The first kappa shape index (κ1) is 15.8. The Morgan fingerprint density at radius 3 is 2.72 bits per heavy atom. The molecule has 2 aromatic rings. The summed E-state index contributed by atoms with van der Waals surface area (Å²) in [5, 5.41) is 14.5. The number of benzene rings is 1. The second-order valence-corrected chi connectivity index (χ2v) is 3.75. The summed E-state index contributed by atoms with van der Waals surface area (Å²) in [6.07, 6.45) is 0. The molecular weight excluding hydrogens is 288 g/mol. The van der Waals surface area contributed by atoms with Gasteiger partial charge in [0, 0.05) is 0 Å². The minimum Gasteiger partial charge on any atom is -0.545 e. The van der Waals surface area contributed by atoms with Crippen molar-refractivity contribution >= 4 is 17.6 Å². The molecule has 0 saturated heterocycles. The Bertz CT molecular complexity index is 580. The minimum atomic E-state index is -1.49. The first-order valence-corrected chi connectivity index (χ1v) is 5.02. The molecule has 7 heteroatoms. The van der Waals surface area contributed by atoms with Crippen LogP contribution in [0.3, 0.4) is 0 Å². The van der Waals surface area contributed by atoms with Crippen LogP contribution in [-0.4, -0.2) is 11.1 Å². The number of hydrogen-bond acceptors (Lipinski definition) is 4. The molecule has 0 unspecified atom stereocenters. The van der Waals surface area contributed by atoms with E-state index in [1.807, 2.05) is 0 Å². The van der Waals surface area contributed by atoms with E-state index in [9.17, 15) is 14.3 Å². The Labute approximate surface area is 150 Å². The number of halogens is 2. The third-order valence-corrected chi connectivity index (χ3v) is 2.58. The van der Waals surface area contributed by atoms with Crippen LogP contribution in [0.5, 0.6) is 0 Å². The minimum absolute atomic E-state index is 0. The van der Waals surface area contributed by atoms with Gasteiger partial charge in [0.1, 0.15) is 17.3 Å². The summed E-state index contributed by atoms with van der Waals surface area (Å²) < 4.78 is 18.3. The van der Waals surface area contributed by atoms with Crippen molar-refractivity contribution in [2.75, 3.05) is 0 Å². The molecule has 1 aromatic carbocycles. The van der Waals surface area contributed by atoms with Crippen molar-refractivity contribution in [3.05, 3.63) is 40.4 Å². The SMILES string of the molecule is Cc1onc(-c2c(F)cccc2Cl)c1C(=O)[O-].[K+]. The Kier molecular flexibility index (Phi) is 5.51. The number of hydrogen-bond donors (Lipinski definition) is 0. The molecule has 0 aliphatic rings. The smallest absolute Gasteiger partial charge is 0.545 e. The van der Waals surface area contributed by atoms with Crippen LogP contribution < -0.4 is 56.5 Å². The van der Waals surface area contributed by atoms with Crippen LogP contribution in [0.2, 0.25) is 5.02 Å². The maximum absolute atomic E-state index is 13.6. The summed E-state index contributed by atoms with van der Waals surface area (Å²) >= 11 is 5.81. The second kappa shape index (κ2) is 6.27. The van der Waals surface area contributed by atoms with Gasteiger partial charge in [0.2, 0.25) is 0 Å². The number of nitrogens with zero attached hydrogens (tertiary/aromatic N) is 1. The van der Waals surface area contributed by atoms with Gasteiger partial charge in [-0.3, -0.25) is 0 Å². The maximum atomic E-state index is 13.6. The van der Waals surface area contributed by atoms with Gasteiger partial charge in [0.05, 0.1) is 22.1 Å². The molecule has 4 nitrogen and oxygen atoms in total. The maximum Gasteiger partial charge on any atom is 1.00 e. The third kappa shape index (κ3) is 2.84. The fourth-order valence-corrected chi connectivity index (χ4v) is 1.76. The molecule has 0 radical (unpaired) electrons. The van der Waals surface area contributed by atoms with Crippen LogP contribution in [0.15, 0.2) is 22.7 Å². The van der Waals surface area contributed by atoms with Gasteiger partial charge >= 0.3 is 51.4 Å². The molecule has 0 spiro atoms. The predicted molar refractivity (Wildman–Crippen MR) is 56.0 cm³/mol. The molecule has 0 N–H and O–H groups in total. The molecule has 0 fully saturated rings. The Hall–Kier alpha value is -0.244. The predicted octanol–water partition coefficient (Wildman–Crippen LogP) is -1.19. The molecule has 0 saturated carbocycles. The van der Waals surface area contributed by atoms with E-state index in [2.05, 4.69) is 5.16 Å². The van der Waals surface area contributed by atoms with E-state index < -0.39 is 11.8 Å².